The highest BCUT2D eigenvalue weighted by atomic mass is 16.2. The number of H-pyrrole nitrogens is 2. The SMILES string of the molecule is O=c1[nH]c2ccc(NCC3CC3)cc2[nH]c1=O. The van der Waals surface area contributed by atoms with Gasteiger partial charge in [-0.2, -0.15) is 0 Å². The van der Waals surface area contributed by atoms with Crippen molar-refractivity contribution in [3.8, 4) is 0 Å². The summed E-state index contributed by atoms with van der Waals surface area (Å²) in [6.45, 7) is 0.971. The Morgan fingerprint density at radius 3 is 2.53 bits per heavy atom. The first kappa shape index (κ1) is 10.1. The van der Waals surface area contributed by atoms with E-state index in [4.69, 9.17) is 0 Å². The van der Waals surface area contributed by atoms with Gasteiger partial charge >= 0.3 is 11.1 Å². The molecule has 88 valence electrons. The molecule has 1 heterocycles. The maximum Gasteiger partial charge on any atom is 0.314 e. The summed E-state index contributed by atoms with van der Waals surface area (Å²) >= 11 is 0. The van der Waals surface area contributed by atoms with E-state index in [9.17, 15) is 9.59 Å². The third-order valence-electron chi connectivity index (χ3n) is 3.01. The van der Waals surface area contributed by atoms with Crippen molar-refractivity contribution in [2.45, 2.75) is 12.8 Å². The predicted octanol–water partition coefficient (Wildman–Crippen LogP) is 1.04. The third-order valence-corrected chi connectivity index (χ3v) is 3.01. The number of hydrogen-bond donors (Lipinski definition) is 3. The molecule has 3 rings (SSSR count). The Labute approximate surface area is 96.9 Å². The normalized spacial score (nSPS) is 15.1. The van der Waals surface area contributed by atoms with Crippen LogP contribution in [-0.2, 0) is 0 Å². The molecule has 0 aliphatic heterocycles. The van der Waals surface area contributed by atoms with Crippen LogP contribution in [0.15, 0.2) is 27.8 Å². The van der Waals surface area contributed by atoms with Gasteiger partial charge in [0.25, 0.3) is 0 Å². The molecule has 3 N–H and O–H groups in total. The van der Waals surface area contributed by atoms with Crippen LogP contribution in [0.1, 0.15) is 12.8 Å². The number of fused-ring (bicyclic) bond motifs is 1. The molecule has 1 aliphatic carbocycles. The highest BCUT2D eigenvalue weighted by Gasteiger charge is 2.20. The summed E-state index contributed by atoms with van der Waals surface area (Å²) in [5.74, 6) is 0.792. The Morgan fingerprint density at radius 1 is 1.12 bits per heavy atom. The monoisotopic (exact) mass is 231 g/mol. The second-order valence-corrected chi connectivity index (χ2v) is 4.49. The van der Waals surface area contributed by atoms with Gasteiger partial charge in [0.1, 0.15) is 0 Å². The maximum absolute atomic E-state index is 11.2. The molecule has 0 spiro atoms. The lowest BCUT2D eigenvalue weighted by Gasteiger charge is -2.06. The fourth-order valence-electron chi connectivity index (χ4n) is 1.81. The van der Waals surface area contributed by atoms with Crippen molar-refractivity contribution in [1.29, 1.82) is 0 Å². The minimum absolute atomic E-state index is 0.614. The Morgan fingerprint density at radius 2 is 1.82 bits per heavy atom. The largest absolute Gasteiger partial charge is 0.385 e. The molecule has 1 fully saturated rings. The van der Waals surface area contributed by atoms with E-state index in [1.54, 1.807) is 6.07 Å². The number of aromatic amines is 2. The lowest BCUT2D eigenvalue weighted by Crippen LogP contribution is -2.28. The standard InChI is InChI=1S/C12H13N3O2/c16-11-12(17)15-10-5-8(3-4-9(10)14-11)13-6-7-1-2-7/h3-5,7,13H,1-2,6H2,(H,14,16)(H,15,17). The predicted molar refractivity (Wildman–Crippen MR) is 66.4 cm³/mol. The average Bonchev–Trinajstić information content (AvgIpc) is 3.12. The highest BCUT2D eigenvalue weighted by molar-refractivity contribution is 5.78. The quantitative estimate of drug-likeness (QED) is 0.691. The molecule has 5 heteroatoms. The number of nitrogens with one attached hydrogen (secondary N) is 3. The van der Waals surface area contributed by atoms with Crippen LogP contribution in [0.25, 0.3) is 11.0 Å². The van der Waals surface area contributed by atoms with Crippen LogP contribution < -0.4 is 16.4 Å². The fourth-order valence-corrected chi connectivity index (χ4v) is 1.81. The Kier molecular flexibility index (Phi) is 2.24. The van der Waals surface area contributed by atoms with Gasteiger partial charge in [-0.15, -0.1) is 0 Å². The molecule has 0 amide bonds. The van der Waals surface area contributed by atoms with Gasteiger partial charge in [-0.05, 0) is 37.0 Å². The van der Waals surface area contributed by atoms with Gasteiger partial charge in [-0.3, -0.25) is 9.59 Å². The summed E-state index contributed by atoms with van der Waals surface area (Å²) < 4.78 is 0. The number of anilines is 1. The maximum atomic E-state index is 11.2. The average molecular weight is 231 g/mol. The van der Waals surface area contributed by atoms with Crippen molar-refractivity contribution in [1.82, 2.24) is 9.97 Å². The summed E-state index contributed by atoms with van der Waals surface area (Å²) in [6.07, 6.45) is 2.59. The molecule has 0 unspecified atom stereocenters. The van der Waals surface area contributed by atoms with E-state index >= 15 is 0 Å². The highest BCUT2D eigenvalue weighted by Crippen LogP contribution is 2.29. The number of benzene rings is 1. The van der Waals surface area contributed by atoms with E-state index in [2.05, 4.69) is 15.3 Å². The van der Waals surface area contributed by atoms with Gasteiger partial charge < -0.3 is 15.3 Å². The van der Waals surface area contributed by atoms with E-state index in [-0.39, 0.29) is 0 Å². The number of rotatable bonds is 3. The van der Waals surface area contributed by atoms with Crippen molar-refractivity contribution >= 4 is 16.7 Å². The van der Waals surface area contributed by atoms with Gasteiger partial charge in [-0.1, -0.05) is 0 Å². The number of aromatic nitrogens is 2. The zero-order valence-corrected chi connectivity index (χ0v) is 9.25. The number of hydrogen-bond acceptors (Lipinski definition) is 3. The second kappa shape index (κ2) is 3.76. The molecule has 1 saturated carbocycles. The molecule has 1 aromatic carbocycles. The van der Waals surface area contributed by atoms with Crippen LogP contribution in [0.4, 0.5) is 5.69 Å². The molecule has 2 aromatic rings. The van der Waals surface area contributed by atoms with Gasteiger partial charge in [-0.25, -0.2) is 0 Å². The van der Waals surface area contributed by atoms with E-state index < -0.39 is 11.1 Å². The summed E-state index contributed by atoms with van der Waals surface area (Å²) in [4.78, 5) is 27.4. The molecule has 1 aromatic heterocycles. The summed E-state index contributed by atoms with van der Waals surface area (Å²) in [5, 5.41) is 3.32. The van der Waals surface area contributed by atoms with Crippen molar-refractivity contribution in [2.24, 2.45) is 5.92 Å². The minimum atomic E-state index is -0.615. The first-order valence-electron chi connectivity index (χ1n) is 5.72. The second-order valence-electron chi connectivity index (χ2n) is 4.49. The van der Waals surface area contributed by atoms with Crippen molar-refractivity contribution in [2.75, 3.05) is 11.9 Å². The summed E-state index contributed by atoms with van der Waals surface area (Å²) in [5.41, 5.74) is 1.03. The van der Waals surface area contributed by atoms with Gasteiger partial charge in [0.2, 0.25) is 0 Å². The van der Waals surface area contributed by atoms with E-state index in [0.29, 0.717) is 11.0 Å². The topological polar surface area (TPSA) is 77.8 Å². The first-order chi connectivity index (χ1) is 8.22. The third kappa shape index (κ3) is 2.08. The zero-order chi connectivity index (χ0) is 11.8. The first-order valence-corrected chi connectivity index (χ1v) is 5.72. The Balaban J connectivity index is 1.96. The van der Waals surface area contributed by atoms with Crippen LogP contribution in [0.3, 0.4) is 0 Å². The van der Waals surface area contributed by atoms with Crippen molar-refractivity contribution < 1.29 is 0 Å². The molecule has 0 bridgehead atoms. The Hall–Kier alpha value is -2.04. The van der Waals surface area contributed by atoms with E-state index in [0.717, 1.165) is 18.2 Å². The van der Waals surface area contributed by atoms with Crippen LogP contribution in [0.5, 0.6) is 0 Å². The van der Waals surface area contributed by atoms with Crippen LogP contribution >= 0.6 is 0 Å². The molecule has 0 radical (unpaired) electrons. The van der Waals surface area contributed by atoms with Gasteiger partial charge in [0.05, 0.1) is 11.0 Å². The molecular formula is C12H13N3O2. The van der Waals surface area contributed by atoms with Crippen LogP contribution in [0, 0.1) is 5.92 Å². The molecule has 17 heavy (non-hydrogen) atoms. The zero-order valence-electron chi connectivity index (χ0n) is 9.25. The molecule has 5 nitrogen and oxygen atoms in total. The van der Waals surface area contributed by atoms with Crippen molar-refractivity contribution in [3.63, 3.8) is 0 Å². The fraction of sp³-hybridized carbons (Fsp3) is 0.333. The smallest absolute Gasteiger partial charge is 0.314 e. The lowest BCUT2D eigenvalue weighted by atomic mass is 10.2. The van der Waals surface area contributed by atoms with Crippen LogP contribution in [0.2, 0.25) is 0 Å². The van der Waals surface area contributed by atoms with Gasteiger partial charge in [0.15, 0.2) is 0 Å². The van der Waals surface area contributed by atoms with Crippen LogP contribution in [-0.4, -0.2) is 16.5 Å². The summed E-state index contributed by atoms with van der Waals surface area (Å²) in [7, 11) is 0. The summed E-state index contributed by atoms with van der Waals surface area (Å²) in [6, 6.07) is 5.54. The molecule has 1 aliphatic rings. The molecular weight excluding hydrogens is 218 g/mol. The van der Waals surface area contributed by atoms with Crippen molar-refractivity contribution in [3.05, 3.63) is 38.9 Å². The molecule has 0 saturated heterocycles. The lowest BCUT2D eigenvalue weighted by molar-refractivity contribution is 0.889. The molecule has 0 atom stereocenters. The Bertz CT molecular complexity index is 667. The van der Waals surface area contributed by atoms with E-state index in [1.165, 1.54) is 12.8 Å². The van der Waals surface area contributed by atoms with E-state index in [1.807, 2.05) is 12.1 Å². The minimum Gasteiger partial charge on any atom is -0.385 e. The van der Waals surface area contributed by atoms with Gasteiger partial charge in [0, 0.05) is 12.2 Å².